The lowest BCUT2D eigenvalue weighted by Crippen LogP contribution is -2.18. The number of halogens is 1. The van der Waals surface area contributed by atoms with Gasteiger partial charge in [-0.25, -0.2) is 0 Å². The molecule has 0 bridgehead atoms. The minimum absolute atomic E-state index is 0.0926. The molecule has 0 saturated heterocycles. The lowest BCUT2D eigenvalue weighted by Gasteiger charge is -2.07. The van der Waals surface area contributed by atoms with E-state index < -0.39 is 27.7 Å². The van der Waals surface area contributed by atoms with Crippen molar-refractivity contribution in [2.75, 3.05) is 7.11 Å². The molecule has 92 valence electrons. The molecule has 0 aromatic heterocycles. The van der Waals surface area contributed by atoms with Crippen LogP contribution in [0.15, 0.2) is 18.2 Å². The zero-order valence-electron chi connectivity index (χ0n) is 8.92. The standard InChI is InChI=1S/C10H10ClNO5/c1-17-10(14)7(11)4-6-2-3-9(13)8(5-6)12(15)16/h2-3,5,7,13H,4H2,1H3. The SMILES string of the molecule is COC(=O)C(Cl)Cc1ccc(O)c([N+](=O)[O-])c1. The van der Waals surface area contributed by atoms with Gasteiger partial charge in [-0.1, -0.05) is 6.07 Å². The van der Waals surface area contributed by atoms with E-state index in [4.69, 9.17) is 11.6 Å². The minimum atomic E-state index is -0.913. The van der Waals surface area contributed by atoms with Gasteiger partial charge in [-0.15, -0.1) is 11.6 Å². The van der Waals surface area contributed by atoms with Gasteiger partial charge in [0.25, 0.3) is 0 Å². The summed E-state index contributed by atoms with van der Waals surface area (Å²) in [6.07, 6.45) is 0.0926. The smallest absolute Gasteiger partial charge is 0.324 e. The van der Waals surface area contributed by atoms with E-state index in [-0.39, 0.29) is 6.42 Å². The van der Waals surface area contributed by atoms with Crippen LogP contribution in [-0.4, -0.2) is 28.5 Å². The Labute approximate surface area is 102 Å². The number of phenols is 1. The zero-order chi connectivity index (χ0) is 13.0. The Morgan fingerprint density at radius 2 is 2.29 bits per heavy atom. The lowest BCUT2D eigenvalue weighted by molar-refractivity contribution is -0.385. The predicted molar refractivity (Wildman–Crippen MR) is 60.1 cm³/mol. The number of hydrogen-bond acceptors (Lipinski definition) is 5. The summed E-state index contributed by atoms with van der Waals surface area (Å²) in [5, 5.41) is 18.9. The van der Waals surface area contributed by atoms with Crippen LogP contribution in [0.4, 0.5) is 5.69 Å². The molecule has 0 aliphatic carbocycles. The molecule has 0 aliphatic rings. The number of methoxy groups -OCH3 is 1. The molecule has 1 N–H and O–H groups in total. The van der Waals surface area contributed by atoms with Gasteiger partial charge < -0.3 is 9.84 Å². The molecule has 0 spiro atoms. The maximum Gasteiger partial charge on any atom is 0.324 e. The van der Waals surface area contributed by atoms with Gasteiger partial charge in [0.1, 0.15) is 5.38 Å². The van der Waals surface area contributed by atoms with Crippen LogP contribution in [0.2, 0.25) is 0 Å². The number of carbonyl (C=O) groups excluding carboxylic acids is 1. The summed E-state index contributed by atoms with van der Waals surface area (Å²) in [5.41, 5.74) is 0.0520. The molecule has 0 radical (unpaired) electrons. The Balaban J connectivity index is 2.90. The Bertz CT molecular complexity index is 448. The number of aromatic hydroxyl groups is 1. The van der Waals surface area contributed by atoms with Crippen molar-refractivity contribution in [3.05, 3.63) is 33.9 Å². The van der Waals surface area contributed by atoms with Crippen molar-refractivity contribution < 1.29 is 19.6 Å². The van der Waals surface area contributed by atoms with Crippen LogP contribution >= 0.6 is 11.6 Å². The number of phenolic OH excluding ortho intramolecular Hbond substituents is 1. The van der Waals surface area contributed by atoms with Crippen molar-refractivity contribution in [3.63, 3.8) is 0 Å². The topological polar surface area (TPSA) is 89.7 Å². The van der Waals surface area contributed by atoms with E-state index in [2.05, 4.69) is 4.74 Å². The van der Waals surface area contributed by atoms with Crippen LogP contribution in [0, 0.1) is 10.1 Å². The molecule has 1 atom stereocenters. The molecule has 1 unspecified atom stereocenters. The molecule has 1 aromatic carbocycles. The molecule has 7 heteroatoms. The largest absolute Gasteiger partial charge is 0.502 e. The molecular formula is C10H10ClNO5. The average molecular weight is 260 g/mol. The quantitative estimate of drug-likeness (QED) is 0.384. The van der Waals surface area contributed by atoms with Gasteiger partial charge in [0, 0.05) is 6.07 Å². The van der Waals surface area contributed by atoms with Crippen LogP contribution in [0.3, 0.4) is 0 Å². The predicted octanol–water partition coefficient (Wildman–Crippen LogP) is 1.62. The molecule has 6 nitrogen and oxygen atoms in total. The van der Waals surface area contributed by atoms with Crippen LogP contribution in [0.5, 0.6) is 5.75 Å². The van der Waals surface area contributed by atoms with E-state index in [0.717, 1.165) is 0 Å². The fourth-order valence-corrected chi connectivity index (χ4v) is 1.53. The lowest BCUT2D eigenvalue weighted by atomic mass is 10.1. The first kappa shape index (κ1) is 13.2. The fourth-order valence-electron chi connectivity index (χ4n) is 1.26. The van der Waals surface area contributed by atoms with Crippen molar-refractivity contribution in [1.29, 1.82) is 0 Å². The molecule has 0 saturated carbocycles. The summed E-state index contributed by atoms with van der Waals surface area (Å²) in [6, 6.07) is 3.82. The third kappa shape index (κ3) is 3.32. The number of ether oxygens (including phenoxy) is 1. The summed E-state index contributed by atoms with van der Waals surface area (Å²) in [4.78, 5) is 20.9. The highest BCUT2D eigenvalue weighted by Gasteiger charge is 2.19. The van der Waals surface area contributed by atoms with Gasteiger partial charge in [-0.3, -0.25) is 14.9 Å². The zero-order valence-corrected chi connectivity index (χ0v) is 9.68. The third-order valence-corrected chi connectivity index (χ3v) is 2.44. The average Bonchev–Trinajstić information content (AvgIpc) is 2.30. The molecule has 1 rings (SSSR count). The van der Waals surface area contributed by atoms with E-state index in [1.54, 1.807) is 0 Å². The Morgan fingerprint density at radius 1 is 1.65 bits per heavy atom. The fraction of sp³-hybridized carbons (Fsp3) is 0.300. The first-order valence-electron chi connectivity index (χ1n) is 4.64. The van der Waals surface area contributed by atoms with Gasteiger partial charge in [0.15, 0.2) is 5.75 Å². The van der Waals surface area contributed by atoms with Crippen molar-refractivity contribution in [2.45, 2.75) is 11.8 Å². The number of hydrogen-bond donors (Lipinski definition) is 1. The Morgan fingerprint density at radius 3 is 2.82 bits per heavy atom. The third-order valence-electron chi connectivity index (χ3n) is 2.11. The van der Waals surface area contributed by atoms with Crippen LogP contribution in [0.1, 0.15) is 5.56 Å². The highest BCUT2D eigenvalue weighted by atomic mass is 35.5. The number of carbonyl (C=O) groups is 1. The molecule has 0 amide bonds. The maximum absolute atomic E-state index is 11.1. The van der Waals surface area contributed by atoms with Gasteiger partial charge in [0.2, 0.25) is 0 Å². The summed E-state index contributed by atoms with van der Waals surface area (Å²) in [5.74, 6) is -1.04. The minimum Gasteiger partial charge on any atom is -0.502 e. The highest BCUT2D eigenvalue weighted by molar-refractivity contribution is 6.30. The summed E-state index contributed by atoms with van der Waals surface area (Å²) in [7, 11) is 1.21. The number of rotatable bonds is 4. The van der Waals surface area contributed by atoms with Crippen molar-refractivity contribution in [1.82, 2.24) is 0 Å². The van der Waals surface area contributed by atoms with Gasteiger partial charge >= 0.3 is 11.7 Å². The number of nitro benzene ring substituents is 1. The van der Waals surface area contributed by atoms with Crippen LogP contribution in [0.25, 0.3) is 0 Å². The van der Waals surface area contributed by atoms with E-state index in [1.807, 2.05) is 0 Å². The van der Waals surface area contributed by atoms with E-state index in [0.29, 0.717) is 5.56 Å². The number of nitrogens with zero attached hydrogens (tertiary/aromatic N) is 1. The first-order valence-corrected chi connectivity index (χ1v) is 5.07. The summed E-state index contributed by atoms with van der Waals surface area (Å²) in [6.45, 7) is 0. The monoisotopic (exact) mass is 259 g/mol. The van der Waals surface area contributed by atoms with Crippen molar-refractivity contribution in [2.24, 2.45) is 0 Å². The molecule has 0 aliphatic heterocycles. The first-order chi connectivity index (χ1) is 7.95. The van der Waals surface area contributed by atoms with E-state index in [9.17, 15) is 20.0 Å². The number of alkyl halides is 1. The van der Waals surface area contributed by atoms with Crippen LogP contribution in [-0.2, 0) is 16.0 Å². The number of esters is 1. The molecular weight excluding hydrogens is 250 g/mol. The van der Waals surface area contributed by atoms with Gasteiger partial charge in [0.05, 0.1) is 12.0 Å². The highest BCUT2D eigenvalue weighted by Crippen LogP contribution is 2.27. The second-order valence-corrected chi connectivity index (χ2v) is 3.80. The number of nitro groups is 1. The molecule has 17 heavy (non-hydrogen) atoms. The van der Waals surface area contributed by atoms with Gasteiger partial charge in [-0.2, -0.15) is 0 Å². The second kappa shape index (κ2) is 5.49. The second-order valence-electron chi connectivity index (χ2n) is 3.27. The van der Waals surface area contributed by atoms with E-state index in [1.165, 1.54) is 25.3 Å². The van der Waals surface area contributed by atoms with Gasteiger partial charge in [-0.05, 0) is 18.1 Å². The number of benzene rings is 1. The van der Waals surface area contributed by atoms with Crippen molar-refractivity contribution >= 4 is 23.3 Å². The molecule has 0 fully saturated rings. The summed E-state index contributed by atoms with van der Waals surface area (Å²) < 4.78 is 4.43. The maximum atomic E-state index is 11.1. The molecule has 0 heterocycles. The Hall–Kier alpha value is -1.82. The van der Waals surface area contributed by atoms with Crippen molar-refractivity contribution in [3.8, 4) is 5.75 Å². The normalized spacial score (nSPS) is 11.9. The Kier molecular flexibility index (Phi) is 4.28. The van der Waals surface area contributed by atoms with Crippen LogP contribution < -0.4 is 0 Å². The van der Waals surface area contributed by atoms with E-state index >= 15 is 0 Å². The molecule has 1 aromatic rings. The summed E-state index contributed by atoms with van der Waals surface area (Å²) >= 11 is 5.73.